The standard InChI is InChI=1S/C8H6O4.2ClH.Pb/c9-7(10)5-3-1-2-4-6(5)8(11)12;;;/h1-4H,(H,9,10)(H,11,12);2*1H;/q;;;+4/p-4. The van der Waals surface area contributed by atoms with Crippen LogP contribution in [0, 0.1) is 0 Å². The predicted octanol–water partition coefficient (Wildman–Crippen LogP) is 1.93. The quantitative estimate of drug-likeness (QED) is 0.577. The fraction of sp³-hybridized carbons (Fsp3) is 0. The van der Waals surface area contributed by atoms with Crippen molar-refractivity contribution in [2.45, 2.75) is 0 Å². The van der Waals surface area contributed by atoms with E-state index in [2.05, 4.69) is 0 Å². The van der Waals surface area contributed by atoms with Gasteiger partial charge in [-0.3, -0.25) is 0 Å². The number of carbonyl (C=O) groups excluding carboxylic acids is 2. The van der Waals surface area contributed by atoms with Crippen molar-refractivity contribution in [3.63, 3.8) is 0 Å². The van der Waals surface area contributed by atoms with E-state index in [4.69, 9.17) is 22.0 Å². The Morgan fingerprint density at radius 2 is 1.33 bits per heavy atom. The number of benzene rings is 1. The van der Waals surface area contributed by atoms with Gasteiger partial charge in [-0.15, -0.1) is 0 Å². The first-order chi connectivity index (χ1) is 6.99. The van der Waals surface area contributed by atoms with E-state index in [-0.39, 0.29) is 11.1 Å². The maximum absolute atomic E-state index is 11.5. The molecule has 1 aromatic carbocycles. The number of carbonyl (C=O) groups is 2. The number of hydrogen-bond donors (Lipinski definition) is 0. The minimum atomic E-state index is -4.59. The van der Waals surface area contributed by atoms with E-state index in [0.29, 0.717) is 0 Å². The van der Waals surface area contributed by atoms with Crippen LogP contribution in [0.1, 0.15) is 20.7 Å². The molecule has 0 fully saturated rings. The van der Waals surface area contributed by atoms with Gasteiger partial charge in [0.05, 0.1) is 0 Å². The van der Waals surface area contributed by atoms with Gasteiger partial charge in [0.15, 0.2) is 0 Å². The van der Waals surface area contributed by atoms with E-state index >= 15 is 0 Å². The Hall–Kier alpha value is -0.338. The molecule has 1 heterocycles. The summed E-state index contributed by atoms with van der Waals surface area (Å²) >= 11 is -4.59. The van der Waals surface area contributed by atoms with Crippen LogP contribution in [0.2, 0.25) is 0 Å². The first-order valence-corrected chi connectivity index (χ1v) is 16.7. The second-order valence-electron chi connectivity index (χ2n) is 2.79. The van der Waals surface area contributed by atoms with Crippen LogP contribution in [0.15, 0.2) is 24.3 Å². The molecule has 2 rings (SSSR count). The molecule has 0 aliphatic carbocycles. The van der Waals surface area contributed by atoms with Crippen molar-refractivity contribution < 1.29 is 15.0 Å². The van der Waals surface area contributed by atoms with Gasteiger partial charge in [-0.2, -0.15) is 0 Å². The van der Waals surface area contributed by atoms with Gasteiger partial charge in [-0.25, -0.2) is 0 Å². The molecule has 0 bridgehead atoms. The number of halogens is 2. The topological polar surface area (TPSA) is 52.6 Å². The molecule has 0 saturated heterocycles. The zero-order valence-electron chi connectivity index (χ0n) is 7.20. The average molecular weight is 442 g/mol. The molecule has 1 aromatic rings. The maximum atomic E-state index is 11.5. The fourth-order valence-corrected chi connectivity index (χ4v) is 6.34. The van der Waals surface area contributed by atoms with Crippen molar-refractivity contribution in [2.24, 2.45) is 0 Å². The van der Waals surface area contributed by atoms with E-state index in [1.807, 2.05) is 0 Å². The summed E-state index contributed by atoms with van der Waals surface area (Å²) in [4.78, 5) is 23.0. The summed E-state index contributed by atoms with van der Waals surface area (Å²) in [5, 5.41) is 0. The Morgan fingerprint density at radius 1 is 0.933 bits per heavy atom. The Bertz CT molecular complexity index is 407. The molecule has 0 spiro atoms. The molecule has 0 aromatic heterocycles. The van der Waals surface area contributed by atoms with E-state index in [0.717, 1.165) is 0 Å². The summed E-state index contributed by atoms with van der Waals surface area (Å²) in [7, 11) is 11.3. The Labute approximate surface area is 98.0 Å². The third-order valence-corrected chi connectivity index (χ3v) is 7.79. The zero-order valence-corrected chi connectivity index (χ0v) is 12.6. The Balaban J connectivity index is 2.55. The molecule has 0 atom stereocenters. The monoisotopic (exact) mass is 442 g/mol. The van der Waals surface area contributed by atoms with Gasteiger partial charge < -0.3 is 0 Å². The fourth-order valence-electron chi connectivity index (χ4n) is 1.19. The van der Waals surface area contributed by atoms with Gasteiger partial charge in [0.1, 0.15) is 0 Å². The van der Waals surface area contributed by atoms with E-state index < -0.39 is 31.6 Å². The second kappa shape index (κ2) is 3.91. The molecular formula is C8H4Cl2O4Pb. The Kier molecular flexibility index (Phi) is 2.91. The van der Waals surface area contributed by atoms with Gasteiger partial charge in [0, 0.05) is 0 Å². The van der Waals surface area contributed by atoms with Crippen LogP contribution in [0.3, 0.4) is 0 Å². The molecule has 0 radical (unpaired) electrons. The van der Waals surface area contributed by atoms with E-state index in [9.17, 15) is 9.59 Å². The molecular weight excluding hydrogens is 438 g/mol. The molecule has 1 aliphatic heterocycles. The third kappa shape index (κ3) is 2.26. The summed E-state index contributed by atoms with van der Waals surface area (Å²) in [6.07, 6.45) is 0. The molecule has 7 heteroatoms. The molecule has 0 unspecified atom stereocenters. The summed E-state index contributed by atoms with van der Waals surface area (Å²) < 4.78 is 9.53. The van der Waals surface area contributed by atoms with Gasteiger partial charge >= 0.3 is 98.6 Å². The molecule has 0 saturated carbocycles. The van der Waals surface area contributed by atoms with Gasteiger partial charge in [-0.1, -0.05) is 0 Å². The van der Waals surface area contributed by atoms with Gasteiger partial charge in [0.2, 0.25) is 0 Å². The summed E-state index contributed by atoms with van der Waals surface area (Å²) in [6, 6.07) is 6.14. The molecule has 15 heavy (non-hydrogen) atoms. The minimum absolute atomic E-state index is 0.130. The van der Waals surface area contributed by atoms with Gasteiger partial charge in [-0.05, 0) is 0 Å². The van der Waals surface area contributed by atoms with Crippen molar-refractivity contribution in [2.75, 3.05) is 0 Å². The predicted molar refractivity (Wildman–Crippen MR) is 54.7 cm³/mol. The first-order valence-electron chi connectivity index (χ1n) is 3.93. The van der Waals surface area contributed by atoms with Crippen molar-refractivity contribution in [1.82, 2.24) is 0 Å². The summed E-state index contributed by atoms with van der Waals surface area (Å²) in [5.74, 6) is -1.41. The van der Waals surface area contributed by atoms with Crippen molar-refractivity contribution >= 4 is 48.2 Å². The van der Waals surface area contributed by atoms with Crippen molar-refractivity contribution in [3.05, 3.63) is 35.4 Å². The molecule has 1 aliphatic rings. The van der Waals surface area contributed by atoms with Crippen LogP contribution in [-0.2, 0) is 5.37 Å². The molecule has 0 N–H and O–H groups in total. The SMILES string of the molecule is O=C1[O][Pb]([Cl])([Cl])[O]C(=O)c2ccccc21. The van der Waals surface area contributed by atoms with Crippen molar-refractivity contribution in [3.8, 4) is 0 Å². The summed E-state index contributed by atoms with van der Waals surface area (Å²) in [6.45, 7) is 0. The normalized spacial score (nSPS) is 18.5. The van der Waals surface area contributed by atoms with Crippen LogP contribution in [0.4, 0.5) is 0 Å². The number of fused-ring (bicyclic) bond motifs is 1. The first kappa shape index (κ1) is 11.2. The van der Waals surface area contributed by atoms with Crippen LogP contribution >= 0.6 is 16.6 Å². The third-order valence-electron chi connectivity index (χ3n) is 1.79. The van der Waals surface area contributed by atoms with Crippen LogP contribution < -0.4 is 0 Å². The van der Waals surface area contributed by atoms with Crippen LogP contribution in [-0.4, -0.2) is 31.6 Å². The summed E-state index contributed by atoms with van der Waals surface area (Å²) in [5.41, 5.74) is 0.261. The molecule has 4 nitrogen and oxygen atoms in total. The average Bonchev–Trinajstić information content (AvgIpc) is 2.23. The van der Waals surface area contributed by atoms with E-state index in [1.165, 1.54) is 12.1 Å². The van der Waals surface area contributed by atoms with E-state index in [1.54, 1.807) is 12.1 Å². The number of hydrogen-bond acceptors (Lipinski definition) is 4. The van der Waals surface area contributed by atoms with Crippen LogP contribution in [0.25, 0.3) is 0 Å². The van der Waals surface area contributed by atoms with Crippen molar-refractivity contribution in [1.29, 1.82) is 0 Å². The molecule has 0 amide bonds. The Morgan fingerprint density at radius 3 is 1.73 bits per heavy atom. The molecule has 78 valence electrons. The van der Waals surface area contributed by atoms with Gasteiger partial charge in [0.25, 0.3) is 0 Å². The van der Waals surface area contributed by atoms with Crippen LogP contribution in [0.5, 0.6) is 0 Å². The number of rotatable bonds is 0. The second-order valence-corrected chi connectivity index (χ2v) is 18.4. The zero-order chi connectivity index (χ0) is 11.1.